The molecule has 32 heavy (non-hydrogen) atoms. The van der Waals surface area contributed by atoms with Crippen molar-refractivity contribution in [3.8, 4) is 17.2 Å². The smallest absolute Gasteiger partial charge is 0.256 e. The van der Waals surface area contributed by atoms with Gasteiger partial charge in [0.1, 0.15) is 0 Å². The number of rotatable bonds is 6. The van der Waals surface area contributed by atoms with Gasteiger partial charge in [-0.05, 0) is 54.8 Å². The van der Waals surface area contributed by atoms with Gasteiger partial charge in [0.15, 0.2) is 11.5 Å². The lowest BCUT2D eigenvalue weighted by Crippen LogP contribution is -2.40. The van der Waals surface area contributed by atoms with E-state index in [1.165, 1.54) is 38.4 Å². The van der Waals surface area contributed by atoms with E-state index in [0.29, 0.717) is 63.4 Å². The Morgan fingerprint density at radius 1 is 1.03 bits per heavy atom. The molecule has 1 aliphatic rings. The van der Waals surface area contributed by atoms with E-state index in [0.717, 1.165) is 0 Å². The fourth-order valence-electron chi connectivity index (χ4n) is 3.45. The number of benzene rings is 2. The van der Waals surface area contributed by atoms with Crippen LogP contribution in [0, 0.1) is 0 Å². The van der Waals surface area contributed by atoms with Gasteiger partial charge in [0, 0.05) is 33.8 Å². The fourth-order valence-corrected chi connectivity index (χ4v) is 3.98. The van der Waals surface area contributed by atoms with Crippen LogP contribution in [-0.2, 0) is 9.59 Å². The highest BCUT2D eigenvalue weighted by molar-refractivity contribution is 6.37. The van der Waals surface area contributed by atoms with Crippen molar-refractivity contribution >= 4 is 47.2 Å². The number of nitrogens with zero attached hydrogens (tertiary/aromatic N) is 1. The van der Waals surface area contributed by atoms with Crippen molar-refractivity contribution in [1.82, 2.24) is 4.90 Å². The largest absolute Gasteiger partial charge is 0.493 e. The van der Waals surface area contributed by atoms with Crippen LogP contribution < -0.4 is 14.2 Å². The van der Waals surface area contributed by atoms with Crippen molar-refractivity contribution in [3.05, 3.63) is 63.2 Å². The summed E-state index contributed by atoms with van der Waals surface area (Å²) in [6.07, 6.45) is 5.79. The van der Waals surface area contributed by atoms with Crippen molar-refractivity contribution in [2.24, 2.45) is 0 Å². The number of piperidine rings is 1. The lowest BCUT2D eigenvalue weighted by Gasteiger charge is -2.26. The molecule has 3 rings (SSSR count). The number of carbonyl (C=O) groups excluding carboxylic acids is 2. The molecule has 1 heterocycles. The first-order chi connectivity index (χ1) is 15.4. The summed E-state index contributed by atoms with van der Waals surface area (Å²) >= 11 is 12.3. The zero-order valence-corrected chi connectivity index (χ0v) is 19.5. The van der Waals surface area contributed by atoms with Crippen LogP contribution in [0.4, 0.5) is 0 Å². The summed E-state index contributed by atoms with van der Waals surface area (Å²) in [4.78, 5) is 27.0. The Morgan fingerprint density at radius 2 is 1.66 bits per heavy atom. The average Bonchev–Trinajstić information content (AvgIpc) is 2.79. The van der Waals surface area contributed by atoms with Crippen molar-refractivity contribution in [2.75, 3.05) is 27.9 Å². The van der Waals surface area contributed by atoms with Gasteiger partial charge in [-0.2, -0.15) is 0 Å². The predicted molar refractivity (Wildman–Crippen MR) is 126 cm³/mol. The predicted octanol–water partition coefficient (Wildman–Crippen LogP) is 5.27. The van der Waals surface area contributed by atoms with Crippen LogP contribution in [0.5, 0.6) is 17.2 Å². The van der Waals surface area contributed by atoms with Gasteiger partial charge in [-0.15, -0.1) is 0 Å². The normalized spacial score (nSPS) is 15.3. The third-order valence-electron chi connectivity index (χ3n) is 5.03. The highest BCUT2D eigenvalue weighted by atomic mass is 35.5. The van der Waals surface area contributed by atoms with Gasteiger partial charge >= 0.3 is 0 Å². The molecule has 1 fully saturated rings. The van der Waals surface area contributed by atoms with Crippen LogP contribution in [0.1, 0.15) is 24.0 Å². The number of carbonyl (C=O) groups is 2. The minimum Gasteiger partial charge on any atom is -0.493 e. The molecule has 0 bridgehead atoms. The second-order valence-electron chi connectivity index (χ2n) is 7.00. The van der Waals surface area contributed by atoms with Crippen LogP contribution >= 0.6 is 23.2 Å². The maximum absolute atomic E-state index is 13.0. The van der Waals surface area contributed by atoms with Crippen LogP contribution in [0.3, 0.4) is 0 Å². The molecule has 0 radical (unpaired) electrons. The van der Waals surface area contributed by atoms with E-state index < -0.39 is 5.91 Å². The Balaban J connectivity index is 1.85. The topological polar surface area (TPSA) is 65.1 Å². The highest BCUT2D eigenvalue weighted by Gasteiger charge is 2.27. The molecule has 0 aliphatic carbocycles. The molecule has 2 aromatic carbocycles. The molecule has 0 aromatic heterocycles. The van der Waals surface area contributed by atoms with Gasteiger partial charge in [-0.1, -0.05) is 29.3 Å². The van der Waals surface area contributed by atoms with E-state index in [1.807, 2.05) is 0 Å². The Kier molecular flexibility index (Phi) is 7.83. The second-order valence-corrected chi connectivity index (χ2v) is 7.81. The van der Waals surface area contributed by atoms with Crippen LogP contribution in [-0.4, -0.2) is 44.6 Å². The quantitative estimate of drug-likeness (QED) is 0.532. The highest BCUT2D eigenvalue weighted by Crippen LogP contribution is 2.39. The first-order valence-corrected chi connectivity index (χ1v) is 10.6. The minimum absolute atomic E-state index is 0.338. The van der Waals surface area contributed by atoms with Crippen molar-refractivity contribution < 1.29 is 23.8 Å². The summed E-state index contributed by atoms with van der Waals surface area (Å²) in [5, 5.41) is 0.851. The lowest BCUT2D eigenvalue weighted by molar-refractivity contribution is -0.140. The molecule has 8 heteroatoms. The Hall–Kier alpha value is -2.96. The van der Waals surface area contributed by atoms with Gasteiger partial charge in [-0.25, -0.2) is 0 Å². The zero-order chi connectivity index (χ0) is 23.3. The molecule has 168 valence electrons. The molecule has 0 N–H and O–H groups in total. The van der Waals surface area contributed by atoms with E-state index in [4.69, 9.17) is 37.4 Å². The van der Waals surface area contributed by atoms with E-state index in [2.05, 4.69) is 0 Å². The van der Waals surface area contributed by atoms with Gasteiger partial charge in [0.2, 0.25) is 5.75 Å². The summed E-state index contributed by atoms with van der Waals surface area (Å²) in [6.45, 7) is 0.338. The SMILES string of the molecule is COc1cc(/C=C2\CCCN(C(=O)/C=C/c3c(Cl)cccc3Cl)C2=O)cc(OC)c1OC. The van der Waals surface area contributed by atoms with Crippen LogP contribution in [0.15, 0.2) is 42.0 Å². The van der Waals surface area contributed by atoms with Crippen LogP contribution in [0.25, 0.3) is 12.2 Å². The van der Waals surface area contributed by atoms with Crippen LogP contribution in [0.2, 0.25) is 10.0 Å². The number of likely N-dealkylation sites (tertiary alicyclic amines) is 1. The van der Waals surface area contributed by atoms with E-state index in [9.17, 15) is 9.59 Å². The molecule has 0 saturated carbocycles. The number of hydrogen-bond donors (Lipinski definition) is 0. The molecule has 6 nitrogen and oxygen atoms in total. The lowest BCUT2D eigenvalue weighted by atomic mass is 10.00. The molecule has 0 atom stereocenters. The fraction of sp³-hybridized carbons (Fsp3) is 0.250. The maximum atomic E-state index is 13.0. The third-order valence-corrected chi connectivity index (χ3v) is 5.69. The Bertz CT molecular complexity index is 1050. The van der Waals surface area contributed by atoms with Crippen molar-refractivity contribution in [2.45, 2.75) is 12.8 Å². The Labute approximate surface area is 197 Å². The standard InChI is InChI=1S/C24H23Cl2NO5/c1-30-20-13-15(14-21(31-2)23(20)32-3)12-16-6-5-11-27(24(16)29)22(28)10-9-17-18(25)7-4-8-19(17)26/h4,7-10,12-14H,5-6,11H2,1-3H3/b10-9+,16-12+. The first-order valence-electron chi connectivity index (χ1n) is 9.88. The third kappa shape index (κ3) is 5.09. The molecule has 2 aromatic rings. The summed E-state index contributed by atoms with van der Waals surface area (Å²) < 4.78 is 16.1. The minimum atomic E-state index is -0.429. The monoisotopic (exact) mass is 475 g/mol. The summed E-state index contributed by atoms with van der Waals surface area (Å²) in [5.41, 5.74) is 1.75. The molecule has 2 amide bonds. The van der Waals surface area contributed by atoms with Gasteiger partial charge < -0.3 is 14.2 Å². The molecule has 0 spiro atoms. The number of halogens is 2. The summed E-state index contributed by atoms with van der Waals surface area (Å²) in [5.74, 6) is 0.655. The number of ether oxygens (including phenoxy) is 3. The van der Waals surface area contributed by atoms with E-state index in [-0.39, 0.29) is 5.91 Å². The molecular formula is C24H23Cl2NO5. The van der Waals surface area contributed by atoms with E-state index >= 15 is 0 Å². The van der Waals surface area contributed by atoms with E-state index in [1.54, 1.807) is 36.4 Å². The summed E-state index contributed by atoms with van der Waals surface area (Å²) in [6, 6.07) is 8.59. The summed E-state index contributed by atoms with van der Waals surface area (Å²) in [7, 11) is 4.58. The number of hydrogen-bond acceptors (Lipinski definition) is 5. The zero-order valence-electron chi connectivity index (χ0n) is 18.0. The maximum Gasteiger partial charge on any atom is 0.256 e. The van der Waals surface area contributed by atoms with Crippen molar-refractivity contribution in [1.29, 1.82) is 0 Å². The van der Waals surface area contributed by atoms with Crippen molar-refractivity contribution in [3.63, 3.8) is 0 Å². The van der Waals surface area contributed by atoms with Gasteiger partial charge in [-0.3, -0.25) is 14.5 Å². The number of methoxy groups -OCH3 is 3. The molecule has 1 saturated heterocycles. The average molecular weight is 476 g/mol. The van der Waals surface area contributed by atoms with Gasteiger partial charge in [0.05, 0.1) is 21.3 Å². The molecular weight excluding hydrogens is 453 g/mol. The van der Waals surface area contributed by atoms with Gasteiger partial charge in [0.25, 0.3) is 11.8 Å². The Morgan fingerprint density at radius 3 is 2.22 bits per heavy atom. The molecule has 1 aliphatic heterocycles. The molecule has 0 unspecified atom stereocenters. The first kappa shape index (κ1) is 23.7. The number of imide groups is 1. The number of amides is 2. The second kappa shape index (κ2) is 10.6.